The number of Topliss-reactive ketones (excluding diaryl/α,β-unsaturated/α-hetero) is 1. The van der Waals surface area contributed by atoms with E-state index < -0.39 is 0 Å². The Morgan fingerprint density at radius 1 is 1.62 bits per heavy atom. The summed E-state index contributed by atoms with van der Waals surface area (Å²) in [4.78, 5) is 11.2. The second-order valence-electron chi connectivity index (χ2n) is 2.51. The molecule has 0 bridgehead atoms. The van der Waals surface area contributed by atoms with Crippen molar-refractivity contribution in [3.8, 4) is 5.75 Å². The number of alkyl halides is 1. The average molecular weight is 244 g/mol. The van der Waals surface area contributed by atoms with Gasteiger partial charge in [-0.1, -0.05) is 15.9 Å². The maximum Gasteiger partial charge on any atom is 0.173 e. The lowest BCUT2D eigenvalue weighted by Crippen LogP contribution is -2.01. The van der Waals surface area contributed by atoms with Crippen LogP contribution in [-0.4, -0.2) is 18.2 Å². The summed E-state index contributed by atoms with van der Waals surface area (Å²) >= 11 is 3.09. The van der Waals surface area contributed by atoms with E-state index in [1.165, 1.54) is 7.11 Å². The number of carbonyl (C=O) groups is 1. The van der Waals surface area contributed by atoms with Crippen molar-refractivity contribution in [1.82, 2.24) is 0 Å². The van der Waals surface area contributed by atoms with Crippen LogP contribution in [0.5, 0.6) is 5.75 Å². The highest BCUT2D eigenvalue weighted by atomic mass is 79.9. The molecule has 1 aromatic carbocycles. The predicted molar refractivity (Wildman–Crippen MR) is 55.5 cm³/mol. The first-order valence-electron chi connectivity index (χ1n) is 3.71. The van der Waals surface area contributed by atoms with Crippen LogP contribution >= 0.6 is 15.9 Å². The molecule has 70 valence electrons. The summed E-state index contributed by atoms with van der Waals surface area (Å²) < 4.78 is 4.99. The fraction of sp³-hybridized carbons (Fsp3) is 0.222. The van der Waals surface area contributed by atoms with E-state index in [0.29, 0.717) is 22.3 Å². The molecule has 0 unspecified atom stereocenters. The minimum Gasteiger partial charge on any atom is -0.495 e. The van der Waals surface area contributed by atoms with Crippen molar-refractivity contribution >= 4 is 27.4 Å². The molecule has 0 radical (unpaired) electrons. The standard InChI is InChI=1S/C9H10BrNO2/c1-13-9-4-6(8(12)5-10)2-3-7(9)11/h2-4H,5,11H2,1H3. The van der Waals surface area contributed by atoms with E-state index in [9.17, 15) is 4.79 Å². The van der Waals surface area contributed by atoms with Gasteiger partial charge < -0.3 is 10.5 Å². The molecule has 0 aliphatic rings. The Bertz CT molecular complexity index is 325. The molecule has 1 rings (SSSR count). The molecule has 0 amide bonds. The second-order valence-corrected chi connectivity index (χ2v) is 3.07. The number of ether oxygens (including phenoxy) is 1. The number of hydrogen-bond acceptors (Lipinski definition) is 3. The van der Waals surface area contributed by atoms with E-state index in [0.717, 1.165) is 0 Å². The molecule has 0 saturated heterocycles. The van der Waals surface area contributed by atoms with E-state index >= 15 is 0 Å². The Morgan fingerprint density at radius 2 is 2.31 bits per heavy atom. The molecule has 4 heteroatoms. The molecule has 0 atom stereocenters. The molecular weight excluding hydrogens is 234 g/mol. The summed E-state index contributed by atoms with van der Waals surface area (Å²) in [6.07, 6.45) is 0. The van der Waals surface area contributed by atoms with E-state index in [2.05, 4.69) is 15.9 Å². The van der Waals surface area contributed by atoms with Crippen molar-refractivity contribution < 1.29 is 9.53 Å². The van der Waals surface area contributed by atoms with Gasteiger partial charge in [-0.05, 0) is 18.2 Å². The van der Waals surface area contributed by atoms with Crippen molar-refractivity contribution in [2.75, 3.05) is 18.2 Å². The van der Waals surface area contributed by atoms with E-state index in [1.54, 1.807) is 18.2 Å². The summed E-state index contributed by atoms with van der Waals surface area (Å²) in [6, 6.07) is 4.98. The molecule has 0 fully saturated rings. The first-order valence-corrected chi connectivity index (χ1v) is 4.84. The molecule has 0 aliphatic carbocycles. The molecule has 2 N–H and O–H groups in total. The summed E-state index contributed by atoms with van der Waals surface area (Å²) in [5.74, 6) is 0.546. The van der Waals surface area contributed by atoms with E-state index in [4.69, 9.17) is 10.5 Å². The Balaban J connectivity index is 3.06. The van der Waals surface area contributed by atoms with Crippen LogP contribution in [0.1, 0.15) is 10.4 Å². The van der Waals surface area contributed by atoms with Crippen LogP contribution in [0, 0.1) is 0 Å². The van der Waals surface area contributed by atoms with Crippen LogP contribution in [0.3, 0.4) is 0 Å². The lowest BCUT2D eigenvalue weighted by atomic mass is 10.1. The van der Waals surface area contributed by atoms with Gasteiger partial charge in [-0.2, -0.15) is 0 Å². The van der Waals surface area contributed by atoms with E-state index in [1.807, 2.05) is 0 Å². The number of methoxy groups -OCH3 is 1. The fourth-order valence-electron chi connectivity index (χ4n) is 0.962. The Morgan fingerprint density at radius 3 is 2.85 bits per heavy atom. The highest BCUT2D eigenvalue weighted by Gasteiger charge is 2.06. The smallest absolute Gasteiger partial charge is 0.173 e. The van der Waals surface area contributed by atoms with Gasteiger partial charge in [0.2, 0.25) is 0 Å². The van der Waals surface area contributed by atoms with Gasteiger partial charge in [0.1, 0.15) is 5.75 Å². The van der Waals surface area contributed by atoms with Crippen molar-refractivity contribution in [1.29, 1.82) is 0 Å². The number of hydrogen-bond donors (Lipinski definition) is 1. The molecule has 1 aromatic rings. The van der Waals surface area contributed by atoms with Gasteiger partial charge >= 0.3 is 0 Å². The number of ketones is 1. The number of benzene rings is 1. The maximum atomic E-state index is 11.2. The number of anilines is 1. The maximum absolute atomic E-state index is 11.2. The Labute approximate surface area is 85.0 Å². The van der Waals surface area contributed by atoms with Crippen LogP contribution in [0.2, 0.25) is 0 Å². The van der Waals surface area contributed by atoms with Crippen molar-refractivity contribution in [3.63, 3.8) is 0 Å². The monoisotopic (exact) mass is 243 g/mol. The van der Waals surface area contributed by atoms with Crippen LogP contribution in [-0.2, 0) is 0 Å². The number of rotatable bonds is 3. The molecule has 0 aromatic heterocycles. The second kappa shape index (κ2) is 4.28. The van der Waals surface area contributed by atoms with Crippen LogP contribution < -0.4 is 10.5 Å². The SMILES string of the molecule is COc1cc(C(=O)CBr)ccc1N. The zero-order valence-electron chi connectivity index (χ0n) is 7.21. The Kier molecular flexibility index (Phi) is 3.31. The first kappa shape index (κ1) is 10.1. The number of halogens is 1. The topological polar surface area (TPSA) is 52.3 Å². The number of nitrogen functional groups attached to an aromatic ring is 1. The number of nitrogens with two attached hydrogens (primary N) is 1. The van der Waals surface area contributed by atoms with Gasteiger partial charge in [0.05, 0.1) is 18.1 Å². The molecule has 13 heavy (non-hydrogen) atoms. The largest absolute Gasteiger partial charge is 0.495 e. The van der Waals surface area contributed by atoms with Crippen LogP contribution in [0.4, 0.5) is 5.69 Å². The lowest BCUT2D eigenvalue weighted by Gasteiger charge is -2.05. The molecule has 3 nitrogen and oxygen atoms in total. The van der Waals surface area contributed by atoms with Gasteiger partial charge in [-0.3, -0.25) is 4.79 Å². The fourth-order valence-corrected chi connectivity index (χ4v) is 1.29. The molecule has 0 spiro atoms. The van der Waals surface area contributed by atoms with Crippen molar-refractivity contribution in [2.24, 2.45) is 0 Å². The number of carbonyl (C=O) groups excluding carboxylic acids is 1. The van der Waals surface area contributed by atoms with Gasteiger partial charge in [-0.25, -0.2) is 0 Å². The van der Waals surface area contributed by atoms with Crippen molar-refractivity contribution in [3.05, 3.63) is 23.8 Å². The summed E-state index contributed by atoms with van der Waals surface area (Å²) in [6.45, 7) is 0. The highest BCUT2D eigenvalue weighted by molar-refractivity contribution is 9.09. The summed E-state index contributed by atoms with van der Waals surface area (Å²) in [5.41, 5.74) is 6.73. The predicted octanol–water partition coefficient (Wildman–Crippen LogP) is 1.85. The first-order chi connectivity index (χ1) is 6.19. The third-order valence-corrected chi connectivity index (χ3v) is 2.19. The normalized spacial score (nSPS) is 9.69. The van der Waals surface area contributed by atoms with Crippen LogP contribution in [0.25, 0.3) is 0 Å². The highest BCUT2D eigenvalue weighted by Crippen LogP contribution is 2.22. The quantitative estimate of drug-likeness (QED) is 0.501. The summed E-state index contributed by atoms with van der Waals surface area (Å²) in [5, 5.41) is 0.306. The van der Waals surface area contributed by atoms with Gasteiger partial charge in [0.25, 0.3) is 0 Å². The van der Waals surface area contributed by atoms with Crippen molar-refractivity contribution in [2.45, 2.75) is 0 Å². The minimum atomic E-state index is 0.0123. The lowest BCUT2D eigenvalue weighted by molar-refractivity contribution is 0.102. The minimum absolute atomic E-state index is 0.0123. The summed E-state index contributed by atoms with van der Waals surface area (Å²) in [7, 11) is 1.52. The Hall–Kier alpha value is -1.03. The molecule has 0 heterocycles. The van der Waals surface area contributed by atoms with Gasteiger partial charge in [-0.15, -0.1) is 0 Å². The molecule has 0 aliphatic heterocycles. The zero-order chi connectivity index (χ0) is 9.84. The van der Waals surface area contributed by atoms with Crippen LogP contribution in [0.15, 0.2) is 18.2 Å². The molecule has 0 saturated carbocycles. The van der Waals surface area contributed by atoms with Gasteiger partial charge in [0.15, 0.2) is 5.78 Å². The van der Waals surface area contributed by atoms with Gasteiger partial charge in [0, 0.05) is 5.56 Å². The average Bonchev–Trinajstić information content (AvgIpc) is 2.17. The molecular formula is C9H10BrNO2. The van der Waals surface area contributed by atoms with E-state index in [-0.39, 0.29) is 5.78 Å². The zero-order valence-corrected chi connectivity index (χ0v) is 8.80. The third kappa shape index (κ3) is 2.21. The third-order valence-electron chi connectivity index (χ3n) is 1.68.